The van der Waals surface area contributed by atoms with Crippen molar-refractivity contribution in [3.8, 4) is 0 Å². The average molecular weight is 282 g/mol. The van der Waals surface area contributed by atoms with Gasteiger partial charge in [0.1, 0.15) is 24.4 Å². The minimum atomic E-state index is -1.43. The van der Waals surface area contributed by atoms with E-state index in [9.17, 15) is 15.3 Å². The molecule has 5 atom stereocenters. The summed E-state index contributed by atoms with van der Waals surface area (Å²) < 4.78 is 10.4. The standard InChI is InChI=1S/C14H18O6/c15-8-10-11(16)12(17)13(18)14(20-10)19-7-6-9-4-2-1-3-5-9/h1-7,10-18H,8H2/t10-,11+,12+,13-,14+/m1/s1. The van der Waals surface area contributed by atoms with Crippen molar-refractivity contribution >= 4 is 6.08 Å². The summed E-state index contributed by atoms with van der Waals surface area (Å²) in [6, 6.07) is 9.36. The highest BCUT2D eigenvalue weighted by molar-refractivity contribution is 5.47. The Morgan fingerprint density at radius 2 is 1.75 bits per heavy atom. The summed E-state index contributed by atoms with van der Waals surface area (Å²) in [7, 11) is 0. The maximum Gasteiger partial charge on any atom is 0.228 e. The zero-order valence-electron chi connectivity index (χ0n) is 10.7. The Labute approximate surface area is 116 Å². The SMILES string of the molecule is OC[C@H]1O[C@H](OC=Cc2ccccc2)[C@H](O)[C@@H](O)[C@H]1O. The Morgan fingerprint density at radius 3 is 2.40 bits per heavy atom. The normalized spacial score (nSPS) is 34.3. The molecule has 1 aromatic carbocycles. The van der Waals surface area contributed by atoms with Crippen molar-refractivity contribution in [2.75, 3.05) is 6.61 Å². The largest absolute Gasteiger partial charge is 0.470 e. The third-order valence-corrected chi connectivity index (χ3v) is 3.12. The summed E-state index contributed by atoms with van der Waals surface area (Å²) in [4.78, 5) is 0. The Hall–Kier alpha value is -1.44. The topological polar surface area (TPSA) is 99.4 Å². The van der Waals surface area contributed by atoms with Crippen LogP contribution in [-0.4, -0.2) is 57.7 Å². The van der Waals surface area contributed by atoms with E-state index in [0.29, 0.717) is 0 Å². The third kappa shape index (κ3) is 3.36. The van der Waals surface area contributed by atoms with E-state index in [0.717, 1.165) is 5.56 Å². The van der Waals surface area contributed by atoms with Crippen molar-refractivity contribution in [2.45, 2.75) is 30.7 Å². The second-order valence-electron chi connectivity index (χ2n) is 4.55. The molecular weight excluding hydrogens is 264 g/mol. The Balaban J connectivity index is 1.96. The fourth-order valence-electron chi connectivity index (χ4n) is 1.94. The molecule has 1 fully saturated rings. The van der Waals surface area contributed by atoms with E-state index in [1.165, 1.54) is 6.26 Å². The zero-order chi connectivity index (χ0) is 14.5. The molecule has 0 aromatic heterocycles. The maximum absolute atomic E-state index is 9.74. The van der Waals surface area contributed by atoms with Crippen LogP contribution in [-0.2, 0) is 9.47 Å². The van der Waals surface area contributed by atoms with Gasteiger partial charge >= 0.3 is 0 Å². The first kappa shape index (κ1) is 15.0. The molecule has 1 aliphatic rings. The highest BCUT2D eigenvalue weighted by atomic mass is 16.7. The van der Waals surface area contributed by atoms with Crippen LogP contribution in [0.5, 0.6) is 0 Å². The quantitative estimate of drug-likeness (QED) is 0.554. The minimum absolute atomic E-state index is 0.479. The first-order valence-corrected chi connectivity index (χ1v) is 6.31. The van der Waals surface area contributed by atoms with E-state index in [1.807, 2.05) is 30.3 Å². The molecule has 0 spiro atoms. The lowest BCUT2D eigenvalue weighted by atomic mass is 9.99. The molecule has 1 saturated heterocycles. The second kappa shape index (κ2) is 6.83. The van der Waals surface area contributed by atoms with Gasteiger partial charge in [-0.25, -0.2) is 0 Å². The number of aliphatic hydroxyl groups excluding tert-OH is 4. The average Bonchev–Trinajstić information content (AvgIpc) is 2.48. The number of ether oxygens (including phenoxy) is 2. The summed E-state index contributed by atoms with van der Waals surface area (Å²) in [5, 5.41) is 38.0. The molecule has 0 amide bonds. The van der Waals surface area contributed by atoms with Gasteiger partial charge in [0.05, 0.1) is 12.9 Å². The van der Waals surface area contributed by atoms with E-state index < -0.39 is 37.3 Å². The smallest absolute Gasteiger partial charge is 0.228 e. The summed E-state index contributed by atoms with van der Waals surface area (Å²) in [6.07, 6.45) is -3.32. The molecule has 110 valence electrons. The van der Waals surface area contributed by atoms with Crippen molar-refractivity contribution in [1.29, 1.82) is 0 Å². The van der Waals surface area contributed by atoms with E-state index in [1.54, 1.807) is 6.08 Å². The van der Waals surface area contributed by atoms with E-state index in [-0.39, 0.29) is 0 Å². The summed E-state index contributed by atoms with van der Waals surface area (Å²) >= 11 is 0. The van der Waals surface area contributed by atoms with Gasteiger partial charge in [-0.1, -0.05) is 30.3 Å². The van der Waals surface area contributed by atoms with Gasteiger partial charge < -0.3 is 29.9 Å². The van der Waals surface area contributed by atoms with Crippen LogP contribution in [0.1, 0.15) is 5.56 Å². The van der Waals surface area contributed by atoms with Crippen LogP contribution in [0.25, 0.3) is 6.08 Å². The summed E-state index contributed by atoms with van der Waals surface area (Å²) in [5.41, 5.74) is 0.900. The molecule has 2 rings (SSSR count). The maximum atomic E-state index is 9.74. The Morgan fingerprint density at radius 1 is 1.05 bits per heavy atom. The van der Waals surface area contributed by atoms with Gasteiger partial charge in [-0.2, -0.15) is 0 Å². The van der Waals surface area contributed by atoms with Crippen molar-refractivity contribution in [3.05, 3.63) is 42.2 Å². The lowest BCUT2D eigenvalue weighted by Crippen LogP contribution is -2.58. The molecule has 6 heteroatoms. The predicted octanol–water partition coefficient (Wildman–Crippen LogP) is -0.526. The summed E-state index contributed by atoms with van der Waals surface area (Å²) in [5.74, 6) is 0. The van der Waals surface area contributed by atoms with Gasteiger partial charge in [0.15, 0.2) is 0 Å². The van der Waals surface area contributed by atoms with E-state index in [4.69, 9.17) is 14.6 Å². The van der Waals surface area contributed by atoms with Crippen LogP contribution in [0.15, 0.2) is 36.6 Å². The van der Waals surface area contributed by atoms with Crippen molar-refractivity contribution in [3.63, 3.8) is 0 Å². The molecule has 0 aliphatic carbocycles. The molecule has 0 radical (unpaired) electrons. The predicted molar refractivity (Wildman–Crippen MR) is 70.3 cm³/mol. The molecule has 1 aliphatic heterocycles. The number of hydrogen-bond donors (Lipinski definition) is 4. The fraction of sp³-hybridized carbons (Fsp3) is 0.429. The van der Waals surface area contributed by atoms with Crippen LogP contribution in [0, 0.1) is 0 Å². The molecular formula is C14H18O6. The second-order valence-corrected chi connectivity index (χ2v) is 4.55. The molecule has 0 saturated carbocycles. The first-order chi connectivity index (χ1) is 9.63. The van der Waals surface area contributed by atoms with E-state index >= 15 is 0 Å². The van der Waals surface area contributed by atoms with Gasteiger partial charge in [-0.15, -0.1) is 0 Å². The number of hydrogen-bond acceptors (Lipinski definition) is 6. The minimum Gasteiger partial charge on any atom is -0.470 e. The number of rotatable bonds is 4. The molecule has 6 nitrogen and oxygen atoms in total. The van der Waals surface area contributed by atoms with Crippen molar-refractivity contribution in [2.24, 2.45) is 0 Å². The molecule has 1 aromatic rings. The number of aliphatic hydroxyl groups is 4. The summed E-state index contributed by atoms with van der Waals surface area (Å²) in [6.45, 7) is -0.479. The third-order valence-electron chi connectivity index (χ3n) is 3.12. The highest BCUT2D eigenvalue weighted by Crippen LogP contribution is 2.22. The fourth-order valence-corrected chi connectivity index (χ4v) is 1.94. The molecule has 1 heterocycles. The van der Waals surface area contributed by atoms with Crippen LogP contribution < -0.4 is 0 Å². The molecule has 4 N–H and O–H groups in total. The van der Waals surface area contributed by atoms with Gasteiger partial charge in [0.25, 0.3) is 0 Å². The van der Waals surface area contributed by atoms with Gasteiger partial charge in [0.2, 0.25) is 6.29 Å². The molecule has 0 unspecified atom stereocenters. The van der Waals surface area contributed by atoms with Crippen LogP contribution in [0.3, 0.4) is 0 Å². The Kier molecular flexibility index (Phi) is 5.11. The van der Waals surface area contributed by atoms with Crippen LogP contribution >= 0.6 is 0 Å². The number of benzene rings is 1. The van der Waals surface area contributed by atoms with Crippen LogP contribution in [0.2, 0.25) is 0 Å². The molecule has 0 bridgehead atoms. The zero-order valence-corrected chi connectivity index (χ0v) is 10.7. The van der Waals surface area contributed by atoms with Gasteiger partial charge in [0, 0.05) is 0 Å². The lowest BCUT2D eigenvalue weighted by Gasteiger charge is -2.39. The molecule has 20 heavy (non-hydrogen) atoms. The lowest BCUT2D eigenvalue weighted by molar-refractivity contribution is -0.287. The first-order valence-electron chi connectivity index (χ1n) is 6.31. The van der Waals surface area contributed by atoms with Crippen molar-refractivity contribution in [1.82, 2.24) is 0 Å². The highest BCUT2D eigenvalue weighted by Gasteiger charge is 2.44. The Bertz CT molecular complexity index is 433. The van der Waals surface area contributed by atoms with E-state index in [2.05, 4.69) is 0 Å². The monoisotopic (exact) mass is 282 g/mol. The van der Waals surface area contributed by atoms with Gasteiger partial charge in [-0.05, 0) is 11.6 Å². The van der Waals surface area contributed by atoms with Gasteiger partial charge in [-0.3, -0.25) is 0 Å². The van der Waals surface area contributed by atoms with Crippen molar-refractivity contribution < 1.29 is 29.9 Å². The van der Waals surface area contributed by atoms with Crippen LogP contribution in [0.4, 0.5) is 0 Å².